The van der Waals surface area contributed by atoms with Gasteiger partial charge in [0.25, 0.3) is 11.6 Å². The quantitative estimate of drug-likeness (QED) is 0.550. The fraction of sp³-hybridized carbons (Fsp3) is 0.409. The van der Waals surface area contributed by atoms with E-state index < -0.39 is 10.8 Å². The molecule has 0 aromatic heterocycles. The molecule has 154 valence electrons. The third-order valence-electron chi connectivity index (χ3n) is 5.23. The fourth-order valence-corrected chi connectivity index (χ4v) is 4.23. The van der Waals surface area contributed by atoms with Crippen LogP contribution < -0.4 is 5.32 Å². The first-order valence-corrected chi connectivity index (χ1v) is 10.2. The molecule has 1 saturated heterocycles. The summed E-state index contributed by atoms with van der Waals surface area (Å²) in [5.74, 6) is 0.962. The van der Waals surface area contributed by atoms with Crippen molar-refractivity contribution in [2.45, 2.75) is 33.4 Å². The molecule has 29 heavy (non-hydrogen) atoms. The topological polar surface area (TPSA) is 75.5 Å². The minimum Gasteiger partial charge on any atom is -0.348 e. The second-order valence-corrected chi connectivity index (χ2v) is 8.49. The molecule has 2 atom stereocenters. The number of nitro benzene ring substituents is 1. The summed E-state index contributed by atoms with van der Waals surface area (Å²) in [5, 5.41) is 14.1. The van der Waals surface area contributed by atoms with Gasteiger partial charge < -0.3 is 5.32 Å². The van der Waals surface area contributed by atoms with E-state index in [4.69, 9.17) is 11.6 Å². The number of hydrogen-bond acceptors (Lipinski definition) is 4. The van der Waals surface area contributed by atoms with Crippen LogP contribution in [0.25, 0.3) is 0 Å². The predicted molar refractivity (Wildman–Crippen MR) is 114 cm³/mol. The first kappa shape index (κ1) is 21.3. The lowest BCUT2D eigenvalue weighted by Gasteiger charge is -2.35. The molecule has 1 N–H and O–H groups in total. The number of hydrogen-bond donors (Lipinski definition) is 1. The molecule has 0 saturated carbocycles. The Morgan fingerprint density at radius 1 is 1.14 bits per heavy atom. The van der Waals surface area contributed by atoms with Gasteiger partial charge in [0, 0.05) is 37.3 Å². The number of carbonyl (C=O) groups excluding carboxylic acids is 1. The maximum Gasteiger partial charge on any atom is 0.283 e. The zero-order valence-electron chi connectivity index (χ0n) is 16.7. The van der Waals surface area contributed by atoms with Crippen LogP contribution in [0.1, 0.15) is 41.8 Å². The number of nitrogens with one attached hydrogen (secondary N) is 1. The normalized spacial score (nSPS) is 19.7. The highest BCUT2D eigenvalue weighted by molar-refractivity contribution is 6.31. The van der Waals surface area contributed by atoms with Crippen molar-refractivity contribution < 1.29 is 9.72 Å². The van der Waals surface area contributed by atoms with Crippen LogP contribution in [-0.2, 0) is 13.1 Å². The van der Waals surface area contributed by atoms with Gasteiger partial charge in [-0.05, 0) is 41.5 Å². The van der Waals surface area contributed by atoms with Gasteiger partial charge in [0.15, 0.2) is 0 Å². The Morgan fingerprint density at radius 3 is 2.38 bits per heavy atom. The maximum absolute atomic E-state index is 12.4. The van der Waals surface area contributed by atoms with E-state index in [0.717, 1.165) is 37.0 Å². The largest absolute Gasteiger partial charge is 0.348 e. The van der Waals surface area contributed by atoms with Gasteiger partial charge in [0.05, 0.1) is 4.92 Å². The zero-order valence-corrected chi connectivity index (χ0v) is 17.5. The van der Waals surface area contributed by atoms with Crippen LogP contribution in [0.5, 0.6) is 0 Å². The fourth-order valence-electron chi connectivity index (χ4n) is 4.07. The standard InChI is InChI=1S/C22H26ClN3O3/c1-15-9-16(2)13-25(12-15)14-18-5-3-17(4-6-18)11-24-22(27)20-8-7-19(23)10-21(20)26(28)29/h3-8,10,15-16H,9,11-14H2,1-2H3,(H,24,27). The number of benzene rings is 2. The van der Waals surface area contributed by atoms with Crippen LogP contribution in [-0.4, -0.2) is 28.8 Å². The first-order valence-electron chi connectivity index (χ1n) is 9.84. The van der Waals surface area contributed by atoms with Crippen molar-refractivity contribution >= 4 is 23.2 Å². The summed E-state index contributed by atoms with van der Waals surface area (Å²) in [5.41, 5.74) is 1.90. The zero-order chi connectivity index (χ0) is 21.0. The van der Waals surface area contributed by atoms with Crippen LogP contribution in [0.15, 0.2) is 42.5 Å². The van der Waals surface area contributed by atoms with E-state index in [9.17, 15) is 14.9 Å². The van der Waals surface area contributed by atoms with E-state index in [1.165, 1.54) is 30.2 Å². The lowest BCUT2D eigenvalue weighted by atomic mass is 9.91. The molecular weight excluding hydrogens is 390 g/mol. The molecular formula is C22H26ClN3O3. The monoisotopic (exact) mass is 415 g/mol. The molecule has 1 amide bonds. The summed E-state index contributed by atoms with van der Waals surface area (Å²) in [6.07, 6.45) is 1.29. The van der Waals surface area contributed by atoms with Gasteiger partial charge >= 0.3 is 0 Å². The van der Waals surface area contributed by atoms with Crippen molar-refractivity contribution in [3.05, 3.63) is 74.3 Å². The molecule has 7 heteroatoms. The van der Waals surface area contributed by atoms with E-state index in [1.54, 1.807) is 0 Å². The Balaban J connectivity index is 1.58. The van der Waals surface area contributed by atoms with Crippen LogP contribution in [0.2, 0.25) is 5.02 Å². The van der Waals surface area contributed by atoms with E-state index in [0.29, 0.717) is 6.54 Å². The Labute approximate surface area is 176 Å². The summed E-state index contributed by atoms with van der Waals surface area (Å²) in [7, 11) is 0. The first-order chi connectivity index (χ1) is 13.8. The molecule has 0 aliphatic carbocycles. The van der Waals surface area contributed by atoms with E-state index in [2.05, 4.69) is 36.2 Å². The minimum atomic E-state index is -0.599. The number of halogens is 1. The molecule has 0 spiro atoms. The van der Waals surface area contributed by atoms with Crippen molar-refractivity contribution in [1.82, 2.24) is 10.2 Å². The summed E-state index contributed by atoms with van der Waals surface area (Å²) in [6.45, 7) is 8.10. The predicted octanol–water partition coefficient (Wildman–Crippen LogP) is 4.66. The van der Waals surface area contributed by atoms with Crippen LogP contribution in [0, 0.1) is 22.0 Å². The summed E-state index contributed by atoms with van der Waals surface area (Å²) in [4.78, 5) is 25.4. The molecule has 1 aliphatic heterocycles. The summed E-state index contributed by atoms with van der Waals surface area (Å²) < 4.78 is 0. The molecule has 1 heterocycles. The highest BCUT2D eigenvalue weighted by Crippen LogP contribution is 2.24. The lowest BCUT2D eigenvalue weighted by Crippen LogP contribution is -2.38. The van der Waals surface area contributed by atoms with Crippen LogP contribution in [0.4, 0.5) is 5.69 Å². The molecule has 0 radical (unpaired) electrons. The molecule has 3 rings (SSSR count). The number of carbonyl (C=O) groups is 1. The van der Waals surface area contributed by atoms with Gasteiger partial charge in [0.1, 0.15) is 5.56 Å². The second kappa shape index (κ2) is 9.37. The highest BCUT2D eigenvalue weighted by Gasteiger charge is 2.22. The van der Waals surface area contributed by atoms with Gasteiger partial charge in [-0.2, -0.15) is 0 Å². The Kier molecular flexibility index (Phi) is 6.87. The number of amides is 1. The third-order valence-corrected chi connectivity index (χ3v) is 5.46. The van der Waals surface area contributed by atoms with Crippen molar-refractivity contribution in [1.29, 1.82) is 0 Å². The highest BCUT2D eigenvalue weighted by atomic mass is 35.5. The lowest BCUT2D eigenvalue weighted by molar-refractivity contribution is -0.385. The molecule has 0 bridgehead atoms. The molecule has 2 unspecified atom stereocenters. The van der Waals surface area contributed by atoms with Gasteiger partial charge in [-0.3, -0.25) is 19.8 Å². The number of rotatable bonds is 6. The van der Waals surface area contributed by atoms with Crippen LogP contribution >= 0.6 is 11.6 Å². The molecule has 2 aromatic rings. The van der Waals surface area contributed by atoms with Crippen molar-refractivity contribution in [3.63, 3.8) is 0 Å². The van der Waals surface area contributed by atoms with Crippen LogP contribution in [0.3, 0.4) is 0 Å². The van der Waals surface area contributed by atoms with Crippen molar-refractivity contribution in [2.24, 2.45) is 11.8 Å². The molecule has 2 aromatic carbocycles. The number of likely N-dealkylation sites (tertiary alicyclic amines) is 1. The number of piperidine rings is 1. The average molecular weight is 416 g/mol. The summed E-state index contributed by atoms with van der Waals surface area (Å²) in [6, 6.07) is 12.2. The Hall–Kier alpha value is -2.44. The van der Waals surface area contributed by atoms with E-state index in [1.807, 2.05) is 12.1 Å². The maximum atomic E-state index is 12.4. The SMILES string of the molecule is CC1CC(C)CN(Cc2ccc(CNC(=O)c3ccc(Cl)cc3[N+](=O)[O-])cc2)C1. The average Bonchev–Trinajstić information content (AvgIpc) is 2.66. The van der Waals surface area contributed by atoms with Crippen molar-refractivity contribution in [3.8, 4) is 0 Å². The Morgan fingerprint density at radius 2 is 1.76 bits per heavy atom. The minimum absolute atomic E-state index is 0.00404. The van der Waals surface area contributed by atoms with Crippen molar-refractivity contribution in [2.75, 3.05) is 13.1 Å². The smallest absolute Gasteiger partial charge is 0.283 e. The third kappa shape index (κ3) is 5.78. The molecule has 6 nitrogen and oxygen atoms in total. The summed E-state index contributed by atoms with van der Waals surface area (Å²) >= 11 is 5.80. The van der Waals surface area contributed by atoms with Gasteiger partial charge in [-0.1, -0.05) is 49.7 Å². The number of nitrogens with zero attached hydrogens (tertiary/aromatic N) is 2. The second-order valence-electron chi connectivity index (χ2n) is 8.06. The van der Waals surface area contributed by atoms with E-state index >= 15 is 0 Å². The van der Waals surface area contributed by atoms with E-state index in [-0.39, 0.29) is 16.3 Å². The molecule has 1 aliphatic rings. The number of nitro groups is 1. The molecule has 1 fully saturated rings. The van der Waals surface area contributed by atoms with Gasteiger partial charge in [-0.15, -0.1) is 0 Å². The Bertz CT molecular complexity index is 875. The van der Waals surface area contributed by atoms with Gasteiger partial charge in [0.2, 0.25) is 0 Å². The van der Waals surface area contributed by atoms with Gasteiger partial charge in [-0.25, -0.2) is 0 Å².